The number of thiazole rings is 1. The summed E-state index contributed by atoms with van der Waals surface area (Å²) in [7, 11) is 0. The zero-order valence-electron chi connectivity index (χ0n) is 10.1. The molecule has 90 valence electrons. The number of thioether (sulfide) groups is 1. The van der Waals surface area contributed by atoms with Crippen molar-refractivity contribution in [1.29, 1.82) is 0 Å². The van der Waals surface area contributed by atoms with E-state index in [0.29, 0.717) is 0 Å². The normalized spacial score (nSPS) is 17.8. The van der Waals surface area contributed by atoms with Crippen LogP contribution < -0.4 is 0 Å². The number of aromatic nitrogens is 1. The zero-order valence-corrected chi connectivity index (χ0v) is 11.7. The molecule has 0 N–H and O–H groups in total. The lowest BCUT2D eigenvalue weighted by Gasteiger charge is -2.20. The number of hydrogen-bond acceptors (Lipinski definition) is 3. The first-order valence-electron chi connectivity index (χ1n) is 6.43. The average molecular weight is 255 g/mol. The van der Waals surface area contributed by atoms with Gasteiger partial charge in [-0.3, -0.25) is 0 Å². The van der Waals surface area contributed by atoms with E-state index in [0.717, 1.165) is 17.4 Å². The molecule has 16 heavy (non-hydrogen) atoms. The molecule has 1 aromatic rings. The van der Waals surface area contributed by atoms with Gasteiger partial charge in [0.05, 0.1) is 5.69 Å². The molecule has 0 radical (unpaired) electrons. The SMILES string of the molecule is CCCc1csc(CSC2CCCCC2)n1. The second kappa shape index (κ2) is 6.65. The third-order valence-electron chi connectivity index (χ3n) is 3.10. The van der Waals surface area contributed by atoms with Crippen LogP contribution in [0, 0.1) is 0 Å². The second-order valence-electron chi connectivity index (χ2n) is 4.55. The van der Waals surface area contributed by atoms with Crippen molar-refractivity contribution in [3.8, 4) is 0 Å². The van der Waals surface area contributed by atoms with Crippen LogP contribution in [0.25, 0.3) is 0 Å². The predicted octanol–water partition coefficient (Wildman–Crippen LogP) is 4.66. The van der Waals surface area contributed by atoms with Gasteiger partial charge in [-0.05, 0) is 19.3 Å². The van der Waals surface area contributed by atoms with Crippen LogP contribution in [0.4, 0.5) is 0 Å². The van der Waals surface area contributed by atoms with E-state index in [1.165, 1.54) is 49.2 Å². The summed E-state index contributed by atoms with van der Waals surface area (Å²) in [5, 5.41) is 4.48. The quantitative estimate of drug-likeness (QED) is 0.759. The maximum Gasteiger partial charge on any atom is 0.103 e. The molecule has 3 heteroatoms. The molecule has 1 saturated carbocycles. The minimum Gasteiger partial charge on any atom is -0.245 e. The Morgan fingerprint density at radius 1 is 1.38 bits per heavy atom. The first-order chi connectivity index (χ1) is 7.88. The molecule has 1 aliphatic rings. The van der Waals surface area contributed by atoms with Crippen molar-refractivity contribution in [2.24, 2.45) is 0 Å². The number of rotatable bonds is 5. The van der Waals surface area contributed by atoms with Gasteiger partial charge in [-0.15, -0.1) is 11.3 Å². The van der Waals surface area contributed by atoms with Crippen LogP contribution in [-0.2, 0) is 12.2 Å². The van der Waals surface area contributed by atoms with E-state index < -0.39 is 0 Å². The molecular formula is C13H21NS2. The molecule has 1 fully saturated rings. The highest BCUT2D eigenvalue weighted by Crippen LogP contribution is 2.31. The van der Waals surface area contributed by atoms with Crippen molar-refractivity contribution in [3.63, 3.8) is 0 Å². The first kappa shape index (κ1) is 12.4. The van der Waals surface area contributed by atoms with Gasteiger partial charge in [0.1, 0.15) is 5.01 Å². The molecule has 0 bridgehead atoms. The van der Waals surface area contributed by atoms with Crippen LogP contribution in [0.5, 0.6) is 0 Å². The van der Waals surface area contributed by atoms with Gasteiger partial charge in [0.25, 0.3) is 0 Å². The highest BCUT2D eigenvalue weighted by atomic mass is 32.2. The van der Waals surface area contributed by atoms with Gasteiger partial charge in [-0.1, -0.05) is 32.6 Å². The lowest BCUT2D eigenvalue weighted by molar-refractivity contribution is 0.516. The summed E-state index contributed by atoms with van der Waals surface area (Å²) in [6, 6.07) is 0. The van der Waals surface area contributed by atoms with Gasteiger partial charge in [-0.25, -0.2) is 4.98 Å². The Balaban J connectivity index is 1.75. The van der Waals surface area contributed by atoms with E-state index in [2.05, 4.69) is 29.0 Å². The standard InChI is InChI=1S/C13H21NS2/c1-2-6-11-9-16-13(14-11)10-15-12-7-4-3-5-8-12/h9,12H,2-8,10H2,1H3. The molecule has 1 aromatic heterocycles. The van der Waals surface area contributed by atoms with E-state index in [4.69, 9.17) is 0 Å². The highest BCUT2D eigenvalue weighted by Gasteiger charge is 2.14. The van der Waals surface area contributed by atoms with Crippen LogP contribution in [0.3, 0.4) is 0 Å². The van der Waals surface area contributed by atoms with E-state index in [9.17, 15) is 0 Å². The molecule has 2 rings (SSSR count). The van der Waals surface area contributed by atoms with Crippen LogP contribution in [-0.4, -0.2) is 10.2 Å². The van der Waals surface area contributed by atoms with Crippen LogP contribution in [0.15, 0.2) is 5.38 Å². The minimum atomic E-state index is 0.910. The van der Waals surface area contributed by atoms with Gasteiger partial charge in [0, 0.05) is 16.4 Å². The van der Waals surface area contributed by atoms with E-state index in [1.807, 2.05) is 11.3 Å². The predicted molar refractivity (Wildman–Crippen MR) is 74.3 cm³/mol. The van der Waals surface area contributed by atoms with Gasteiger partial charge >= 0.3 is 0 Å². The maximum absolute atomic E-state index is 4.68. The number of hydrogen-bond donors (Lipinski definition) is 0. The lowest BCUT2D eigenvalue weighted by atomic mass is 10.0. The summed E-state index contributed by atoms with van der Waals surface area (Å²) >= 11 is 3.98. The summed E-state index contributed by atoms with van der Waals surface area (Å²) in [6.07, 6.45) is 9.54. The van der Waals surface area contributed by atoms with Gasteiger partial charge in [0.2, 0.25) is 0 Å². The molecule has 1 nitrogen and oxygen atoms in total. The van der Waals surface area contributed by atoms with Gasteiger partial charge in [0.15, 0.2) is 0 Å². The molecule has 0 unspecified atom stereocenters. The third kappa shape index (κ3) is 3.77. The smallest absolute Gasteiger partial charge is 0.103 e. The Hall–Kier alpha value is -0.0200. The molecular weight excluding hydrogens is 234 g/mol. The Morgan fingerprint density at radius 2 is 2.19 bits per heavy atom. The Bertz CT molecular complexity index is 303. The summed E-state index contributed by atoms with van der Waals surface area (Å²) in [4.78, 5) is 4.68. The molecule has 0 amide bonds. The van der Waals surface area contributed by atoms with Crippen molar-refractivity contribution in [2.45, 2.75) is 62.9 Å². The number of aryl methyl sites for hydroxylation is 1. The molecule has 0 saturated heterocycles. The van der Waals surface area contributed by atoms with Crippen molar-refractivity contribution in [3.05, 3.63) is 16.1 Å². The largest absolute Gasteiger partial charge is 0.245 e. The Kier molecular flexibility index (Phi) is 5.17. The van der Waals surface area contributed by atoms with Crippen molar-refractivity contribution in [2.75, 3.05) is 0 Å². The summed E-state index contributed by atoms with van der Waals surface area (Å²) < 4.78 is 0. The Labute approximate surface area is 107 Å². The second-order valence-corrected chi connectivity index (χ2v) is 6.78. The van der Waals surface area contributed by atoms with Crippen molar-refractivity contribution in [1.82, 2.24) is 4.98 Å². The van der Waals surface area contributed by atoms with Crippen molar-refractivity contribution >= 4 is 23.1 Å². The van der Waals surface area contributed by atoms with E-state index in [-0.39, 0.29) is 0 Å². The molecule has 0 aliphatic heterocycles. The Morgan fingerprint density at radius 3 is 2.94 bits per heavy atom. The molecule has 1 aliphatic carbocycles. The van der Waals surface area contributed by atoms with Gasteiger partial charge < -0.3 is 0 Å². The topological polar surface area (TPSA) is 12.9 Å². The fraction of sp³-hybridized carbons (Fsp3) is 0.769. The fourth-order valence-corrected chi connectivity index (χ4v) is 4.41. The molecule has 1 heterocycles. The van der Waals surface area contributed by atoms with E-state index >= 15 is 0 Å². The number of nitrogens with zero attached hydrogens (tertiary/aromatic N) is 1. The summed E-state index contributed by atoms with van der Waals surface area (Å²) in [6.45, 7) is 2.22. The maximum atomic E-state index is 4.68. The van der Waals surface area contributed by atoms with Crippen LogP contribution in [0.2, 0.25) is 0 Å². The third-order valence-corrected chi connectivity index (χ3v) is 5.56. The first-order valence-corrected chi connectivity index (χ1v) is 8.36. The zero-order chi connectivity index (χ0) is 11.2. The average Bonchev–Trinajstić information content (AvgIpc) is 2.76. The summed E-state index contributed by atoms with van der Waals surface area (Å²) in [5.41, 5.74) is 1.30. The van der Waals surface area contributed by atoms with E-state index in [1.54, 1.807) is 0 Å². The van der Waals surface area contributed by atoms with Crippen LogP contribution >= 0.6 is 23.1 Å². The monoisotopic (exact) mass is 255 g/mol. The van der Waals surface area contributed by atoms with Crippen molar-refractivity contribution < 1.29 is 0 Å². The van der Waals surface area contributed by atoms with Crippen LogP contribution in [0.1, 0.15) is 56.2 Å². The lowest BCUT2D eigenvalue weighted by Crippen LogP contribution is -2.08. The minimum absolute atomic E-state index is 0.910. The molecule has 0 spiro atoms. The van der Waals surface area contributed by atoms with Gasteiger partial charge in [-0.2, -0.15) is 11.8 Å². The summed E-state index contributed by atoms with van der Waals surface area (Å²) in [5.74, 6) is 1.14. The highest BCUT2D eigenvalue weighted by molar-refractivity contribution is 7.99. The molecule has 0 atom stereocenters. The fourth-order valence-electron chi connectivity index (χ4n) is 2.21. The molecule has 0 aromatic carbocycles.